The molecule has 1 fully saturated rings. The van der Waals surface area contributed by atoms with E-state index in [1.807, 2.05) is 25.5 Å². The molecule has 3 N–H and O–H groups in total. The van der Waals surface area contributed by atoms with Crippen LogP contribution in [0.25, 0.3) is 0 Å². The van der Waals surface area contributed by atoms with Gasteiger partial charge in [-0.2, -0.15) is 0 Å². The van der Waals surface area contributed by atoms with Crippen molar-refractivity contribution in [1.29, 1.82) is 0 Å². The van der Waals surface area contributed by atoms with E-state index in [0.29, 0.717) is 11.4 Å². The van der Waals surface area contributed by atoms with E-state index < -0.39 is 10.0 Å². The topological polar surface area (TPSA) is 80.4 Å². The van der Waals surface area contributed by atoms with Gasteiger partial charge < -0.3 is 15.2 Å². The first-order chi connectivity index (χ1) is 9.83. The number of rotatable bonds is 5. The number of likely N-dealkylation sites (tertiary alicyclic amines) is 1. The Morgan fingerprint density at radius 1 is 1.48 bits per heavy atom. The maximum atomic E-state index is 12.5. The van der Waals surface area contributed by atoms with Crippen LogP contribution in [0.5, 0.6) is 0 Å². The van der Waals surface area contributed by atoms with E-state index in [1.165, 1.54) is 0 Å². The zero-order valence-corrected chi connectivity index (χ0v) is 13.9. The third kappa shape index (κ3) is 3.85. The van der Waals surface area contributed by atoms with Crippen LogP contribution in [0.2, 0.25) is 0 Å². The summed E-state index contributed by atoms with van der Waals surface area (Å²) < 4.78 is 29.8. The number of nitrogens with zero attached hydrogens (tertiary/aromatic N) is 2. The third-order valence-electron chi connectivity index (χ3n) is 3.93. The second-order valence-electron chi connectivity index (χ2n) is 6.09. The minimum Gasteiger partial charge on any atom is -0.346 e. The van der Waals surface area contributed by atoms with E-state index in [4.69, 9.17) is 5.73 Å². The molecule has 21 heavy (non-hydrogen) atoms. The molecule has 0 aliphatic carbocycles. The average Bonchev–Trinajstić information content (AvgIpc) is 2.83. The standard InChI is InChI=1S/C14H26N4O2S/c1-11(2)18-10-14(7-13(18)8-15)21(19,20)16-12-5-4-6-17(3)9-12/h7,10-12,16H,4-6,8-9,15H2,1-3H3. The minimum atomic E-state index is -3.48. The number of piperidine rings is 1. The highest BCUT2D eigenvalue weighted by Crippen LogP contribution is 2.20. The number of hydrogen-bond acceptors (Lipinski definition) is 4. The predicted octanol–water partition coefficient (Wildman–Crippen LogP) is 0.900. The SMILES string of the molecule is CC(C)n1cc(S(=O)(=O)NC2CCCN(C)C2)cc1CN. The molecule has 1 aromatic heterocycles. The summed E-state index contributed by atoms with van der Waals surface area (Å²) in [6, 6.07) is 1.85. The van der Waals surface area contributed by atoms with Gasteiger partial charge in [0.15, 0.2) is 0 Å². The number of nitrogens with two attached hydrogens (primary N) is 1. The summed E-state index contributed by atoms with van der Waals surface area (Å²) >= 11 is 0. The minimum absolute atomic E-state index is 0.0162. The lowest BCUT2D eigenvalue weighted by Gasteiger charge is -2.29. The van der Waals surface area contributed by atoms with Crippen molar-refractivity contribution in [2.24, 2.45) is 5.73 Å². The first kappa shape index (κ1) is 16.5. The molecule has 120 valence electrons. The van der Waals surface area contributed by atoms with Crippen molar-refractivity contribution in [3.05, 3.63) is 18.0 Å². The van der Waals surface area contributed by atoms with Crippen LogP contribution in [0.3, 0.4) is 0 Å². The zero-order valence-electron chi connectivity index (χ0n) is 13.0. The Kier molecular flexibility index (Phi) is 5.08. The zero-order chi connectivity index (χ0) is 15.6. The van der Waals surface area contributed by atoms with Gasteiger partial charge in [-0.3, -0.25) is 0 Å². The molecule has 1 aromatic rings. The van der Waals surface area contributed by atoms with Crippen LogP contribution in [-0.4, -0.2) is 44.1 Å². The highest BCUT2D eigenvalue weighted by molar-refractivity contribution is 7.89. The average molecular weight is 314 g/mol. The fraction of sp³-hybridized carbons (Fsp3) is 0.714. The third-order valence-corrected chi connectivity index (χ3v) is 5.42. The molecule has 6 nitrogen and oxygen atoms in total. The molecule has 7 heteroatoms. The molecule has 2 rings (SSSR count). The van der Waals surface area contributed by atoms with Crippen LogP contribution in [0.15, 0.2) is 17.2 Å². The maximum absolute atomic E-state index is 12.5. The largest absolute Gasteiger partial charge is 0.346 e. The van der Waals surface area contributed by atoms with Gasteiger partial charge in [0.05, 0.1) is 4.90 Å². The Bertz CT molecular complexity index is 580. The number of hydrogen-bond donors (Lipinski definition) is 2. The molecule has 0 saturated carbocycles. The normalized spacial score (nSPS) is 21.1. The van der Waals surface area contributed by atoms with Crippen LogP contribution in [-0.2, 0) is 16.6 Å². The first-order valence-electron chi connectivity index (χ1n) is 7.45. The Labute approximate surface area is 127 Å². The van der Waals surface area contributed by atoms with Crippen LogP contribution in [0.4, 0.5) is 0 Å². The predicted molar refractivity (Wildman–Crippen MR) is 83.5 cm³/mol. The van der Waals surface area contributed by atoms with Gasteiger partial charge in [0.1, 0.15) is 0 Å². The van der Waals surface area contributed by atoms with Crippen molar-refractivity contribution in [2.45, 2.75) is 50.2 Å². The van der Waals surface area contributed by atoms with Gasteiger partial charge in [-0.15, -0.1) is 0 Å². The van der Waals surface area contributed by atoms with Crippen molar-refractivity contribution in [3.8, 4) is 0 Å². The number of nitrogens with one attached hydrogen (secondary N) is 1. The highest BCUT2D eigenvalue weighted by atomic mass is 32.2. The lowest BCUT2D eigenvalue weighted by molar-refractivity contribution is 0.242. The smallest absolute Gasteiger partial charge is 0.242 e. The second-order valence-corrected chi connectivity index (χ2v) is 7.81. The molecule has 1 aliphatic rings. The van der Waals surface area contributed by atoms with E-state index in [0.717, 1.165) is 31.6 Å². The molecule has 0 radical (unpaired) electrons. The summed E-state index contributed by atoms with van der Waals surface area (Å²) in [5.74, 6) is 0. The fourth-order valence-corrected chi connectivity index (χ4v) is 4.15. The molecule has 2 heterocycles. The molecular formula is C14H26N4O2S. The Morgan fingerprint density at radius 2 is 2.19 bits per heavy atom. The van der Waals surface area contributed by atoms with Gasteiger partial charge in [-0.05, 0) is 46.3 Å². The van der Waals surface area contributed by atoms with Crippen LogP contribution in [0.1, 0.15) is 38.4 Å². The molecule has 0 spiro atoms. The van der Waals surface area contributed by atoms with Crippen molar-refractivity contribution in [1.82, 2.24) is 14.2 Å². The lowest BCUT2D eigenvalue weighted by atomic mass is 10.1. The fourth-order valence-electron chi connectivity index (χ4n) is 2.84. The number of likely N-dealkylation sites (N-methyl/N-ethyl adjacent to an activating group) is 1. The van der Waals surface area contributed by atoms with E-state index in [9.17, 15) is 8.42 Å². The molecule has 1 unspecified atom stereocenters. The van der Waals surface area contributed by atoms with Gasteiger partial charge in [-0.25, -0.2) is 13.1 Å². The van der Waals surface area contributed by atoms with Crippen LogP contribution < -0.4 is 10.5 Å². The quantitative estimate of drug-likeness (QED) is 0.846. The second kappa shape index (κ2) is 6.48. The van der Waals surface area contributed by atoms with E-state index in [2.05, 4.69) is 9.62 Å². The van der Waals surface area contributed by atoms with Gasteiger partial charge >= 0.3 is 0 Å². The highest BCUT2D eigenvalue weighted by Gasteiger charge is 2.25. The van der Waals surface area contributed by atoms with E-state index in [1.54, 1.807) is 12.3 Å². The van der Waals surface area contributed by atoms with Gasteiger partial charge in [0.25, 0.3) is 0 Å². The maximum Gasteiger partial charge on any atom is 0.242 e. The summed E-state index contributed by atoms with van der Waals surface area (Å²) in [5.41, 5.74) is 6.54. The van der Waals surface area contributed by atoms with Crippen molar-refractivity contribution < 1.29 is 8.42 Å². The first-order valence-corrected chi connectivity index (χ1v) is 8.93. The van der Waals surface area contributed by atoms with Crippen LogP contribution >= 0.6 is 0 Å². The summed E-state index contributed by atoms with van der Waals surface area (Å²) in [7, 11) is -1.47. The molecule has 1 atom stereocenters. The number of aromatic nitrogens is 1. The van der Waals surface area contributed by atoms with Gasteiger partial charge in [-0.1, -0.05) is 0 Å². The number of sulfonamides is 1. The summed E-state index contributed by atoms with van der Waals surface area (Å²) in [5, 5.41) is 0. The summed E-state index contributed by atoms with van der Waals surface area (Å²) in [4.78, 5) is 2.46. The monoisotopic (exact) mass is 314 g/mol. The molecular weight excluding hydrogens is 288 g/mol. The van der Waals surface area contributed by atoms with Crippen LogP contribution in [0, 0.1) is 0 Å². The van der Waals surface area contributed by atoms with Gasteiger partial charge in [0, 0.05) is 37.1 Å². The lowest BCUT2D eigenvalue weighted by Crippen LogP contribution is -2.46. The Balaban J connectivity index is 2.19. The Hall–Kier alpha value is -0.890. The summed E-state index contributed by atoms with van der Waals surface area (Å²) in [6.07, 6.45) is 3.59. The summed E-state index contributed by atoms with van der Waals surface area (Å²) in [6.45, 7) is 6.14. The van der Waals surface area contributed by atoms with Crippen molar-refractivity contribution >= 4 is 10.0 Å². The van der Waals surface area contributed by atoms with Crippen molar-refractivity contribution in [2.75, 3.05) is 20.1 Å². The van der Waals surface area contributed by atoms with Gasteiger partial charge in [0.2, 0.25) is 10.0 Å². The van der Waals surface area contributed by atoms with E-state index in [-0.39, 0.29) is 12.1 Å². The molecule has 0 bridgehead atoms. The Morgan fingerprint density at radius 3 is 2.71 bits per heavy atom. The molecule has 0 amide bonds. The van der Waals surface area contributed by atoms with Crippen molar-refractivity contribution in [3.63, 3.8) is 0 Å². The molecule has 1 saturated heterocycles. The van der Waals surface area contributed by atoms with E-state index >= 15 is 0 Å². The molecule has 1 aliphatic heterocycles. The molecule has 0 aromatic carbocycles.